The molecule has 2 rings (SSSR count). The molecular weight excluding hydrogens is 266 g/mol. The lowest BCUT2D eigenvalue weighted by molar-refractivity contribution is 0.255. The van der Waals surface area contributed by atoms with Gasteiger partial charge in [-0.25, -0.2) is 0 Å². The first kappa shape index (κ1) is 15.6. The maximum Gasteiger partial charge on any atom is 0.0403 e. The van der Waals surface area contributed by atoms with Crippen molar-refractivity contribution in [3.8, 4) is 0 Å². The molecule has 0 amide bonds. The Labute approximate surface area is 127 Å². The number of aryl methyl sites for hydroxylation is 2. The summed E-state index contributed by atoms with van der Waals surface area (Å²) in [7, 11) is 0. The van der Waals surface area contributed by atoms with Gasteiger partial charge in [0.25, 0.3) is 0 Å². The molecule has 1 saturated heterocycles. The van der Waals surface area contributed by atoms with Gasteiger partial charge in [0.1, 0.15) is 0 Å². The van der Waals surface area contributed by atoms with Crippen molar-refractivity contribution in [1.82, 2.24) is 9.88 Å². The zero-order valence-electron chi connectivity index (χ0n) is 13.2. The van der Waals surface area contributed by atoms with Gasteiger partial charge in [-0.1, -0.05) is 6.92 Å². The molecule has 112 valence electrons. The average molecular weight is 293 g/mol. The molecule has 0 spiro atoms. The van der Waals surface area contributed by atoms with E-state index in [1.54, 1.807) is 0 Å². The van der Waals surface area contributed by atoms with E-state index in [0.29, 0.717) is 0 Å². The van der Waals surface area contributed by atoms with Crippen molar-refractivity contribution in [2.45, 2.75) is 32.4 Å². The summed E-state index contributed by atoms with van der Waals surface area (Å²) in [6.45, 7) is 12.4. The van der Waals surface area contributed by atoms with Crippen molar-refractivity contribution in [1.29, 1.82) is 0 Å². The number of piperazine rings is 1. The highest BCUT2D eigenvalue weighted by Crippen LogP contribution is 2.19. The van der Waals surface area contributed by atoms with Gasteiger partial charge in [-0.15, -0.1) is 0 Å². The molecule has 1 aliphatic rings. The molecular formula is C16H27N3S. The minimum Gasteiger partial charge on any atom is -0.369 e. The average Bonchev–Trinajstić information content (AvgIpc) is 2.44. The Balaban J connectivity index is 1.84. The second kappa shape index (κ2) is 7.32. The molecule has 1 aliphatic heterocycles. The third-order valence-corrected chi connectivity index (χ3v) is 5.10. The maximum absolute atomic E-state index is 4.46. The summed E-state index contributed by atoms with van der Waals surface area (Å²) < 4.78 is 0. The largest absolute Gasteiger partial charge is 0.369 e. The fourth-order valence-electron chi connectivity index (χ4n) is 2.71. The number of thioether (sulfide) groups is 1. The van der Waals surface area contributed by atoms with E-state index >= 15 is 0 Å². The molecule has 0 aromatic carbocycles. The lowest BCUT2D eigenvalue weighted by Gasteiger charge is -2.36. The number of hydrogen-bond acceptors (Lipinski definition) is 4. The number of pyridine rings is 1. The van der Waals surface area contributed by atoms with E-state index in [4.69, 9.17) is 0 Å². The molecule has 1 aromatic heterocycles. The third-order valence-electron chi connectivity index (χ3n) is 4.06. The minimum absolute atomic E-state index is 0.776. The van der Waals surface area contributed by atoms with Crippen LogP contribution in [0.15, 0.2) is 12.1 Å². The number of nitrogens with zero attached hydrogens (tertiary/aromatic N) is 3. The fourth-order valence-corrected chi connectivity index (χ4v) is 3.05. The summed E-state index contributed by atoms with van der Waals surface area (Å²) in [5, 5.41) is 0.776. The molecule has 0 saturated carbocycles. The maximum atomic E-state index is 4.46. The Kier molecular flexibility index (Phi) is 5.73. The highest BCUT2D eigenvalue weighted by molar-refractivity contribution is 7.99. The zero-order chi connectivity index (χ0) is 14.5. The molecule has 4 heteroatoms. The number of hydrogen-bond donors (Lipinski definition) is 0. The summed E-state index contributed by atoms with van der Waals surface area (Å²) in [5.74, 6) is 0. The lowest BCUT2D eigenvalue weighted by atomic mass is 10.2. The van der Waals surface area contributed by atoms with Gasteiger partial charge >= 0.3 is 0 Å². The van der Waals surface area contributed by atoms with E-state index in [2.05, 4.69) is 53.9 Å². The molecule has 0 aliphatic carbocycles. The summed E-state index contributed by atoms with van der Waals surface area (Å²) in [6, 6.07) is 4.41. The van der Waals surface area contributed by atoms with Crippen molar-refractivity contribution < 1.29 is 0 Å². The number of anilines is 1. The summed E-state index contributed by atoms with van der Waals surface area (Å²) >= 11 is 1.97. The molecule has 3 nitrogen and oxygen atoms in total. The van der Waals surface area contributed by atoms with Crippen LogP contribution in [0.1, 0.15) is 24.7 Å². The summed E-state index contributed by atoms with van der Waals surface area (Å²) in [5.41, 5.74) is 3.58. The number of rotatable bonds is 5. The molecule has 1 atom stereocenters. The van der Waals surface area contributed by atoms with Crippen LogP contribution in [0.5, 0.6) is 0 Å². The predicted molar refractivity (Wildman–Crippen MR) is 90.0 cm³/mol. The molecule has 1 fully saturated rings. The Morgan fingerprint density at radius 1 is 1.15 bits per heavy atom. The summed E-state index contributed by atoms with van der Waals surface area (Å²) in [4.78, 5) is 9.56. The van der Waals surface area contributed by atoms with Crippen molar-refractivity contribution in [3.05, 3.63) is 23.5 Å². The molecule has 2 heterocycles. The van der Waals surface area contributed by atoms with Crippen molar-refractivity contribution >= 4 is 17.4 Å². The van der Waals surface area contributed by atoms with E-state index in [9.17, 15) is 0 Å². The van der Waals surface area contributed by atoms with Crippen LogP contribution in [0.3, 0.4) is 0 Å². The molecule has 1 aromatic rings. The van der Waals surface area contributed by atoms with Crippen molar-refractivity contribution in [2.75, 3.05) is 43.9 Å². The fraction of sp³-hybridized carbons (Fsp3) is 0.688. The van der Waals surface area contributed by atoms with Gasteiger partial charge in [-0.3, -0.25) is 9.88 Å². The molecule has 0 unspecified atom stereocenters. The van der Waals surface area contributed by atoms with Gasteiger partial charge in [-0.05, 0) is 45.2 Å². The predicted octanol–water partition coefficient (Wildman–Crippen LogP) is 2.96. The highest BCUT2D eigenvalue weighted by Gasteiger charge is 2.17. The summed E-state index contributed by atoms with van der Waals surface area (Å²) in [6.07, 6.45) is 3.51. The van der Waals surface area contributed by atoms with Gasteiger partial charge in [0, 0.05) is 48.5 Å². The SMILES string of the molecule is CS[C@@H](C)CCN1CCN(c2cc(C)nc(C)c2)CC1. The Morgan fingerprint density at radius 2 is 1.75 bits per heavy atom. The zero-order valence-corrected chi connectivity index (χ0v) is 14.0. The third kappa shape index (κ3) is 4.38. The first-order valence-electron chi connectivity index (χ1n) is 7.54. The second-order valence-electron chi connectivity index (χ2n) is 5.77. The van der Waals surface area contributed by atoms with Crippen LogP contribution in [0.4, 0.5) is 5.69 Å². The van der Waals surface area contributed by atoms with Gasteiger partial charge in [0.05, 0.1) is 0 Å². The smallest absolute Gasteiger partial charge is 0.0403 e. The Hall–Kier alpha value is -0.740. The quantitative estimate of drug-likeness (QED) is 0.831. The first-order chi connectivity index (χ1) is 9.58. The van der Waals surface area contributed by atoms with Crippen LogP contribution in [0.25, 0.3) is 0 Å². The van der Waals surface area contributed by atoms with E-state index in [1.807, 2.05) is 11.8 Å². The molecule has 0 radical (unpaired) electrons. The Morgan fingerprint density at radius 3 is 2.30 bits per heavy atom. The highest BCUT2D eigenvalue weighted by atomic mass is 32.2. The van der Waals surface area contributed by atoms with Crippen LogP contribution < -0.4 is 4.90 Å². The lowest BCUT2D eigenvalue weighted by Crippen LogP contribution is -2.47. The monoisotopic (exact) mass is 293 g/mol. The van der Waals surface area contributed by atoms with E-state index < -0.39 is 0 Å². The standard InChI is InChI=1S/C16H27N3S/c1-13-11-16(12-14(2)17-13)19-9-7-18(8-10-19)6-5-15(3)20-4/h11-12,15H,5-10H2,1-4H3/t15-/m0/s1. The van der Waals surface area contributed by atoms with Gasteiger partial charge in [0.15, 0.2) is 0 Å². The normalized spacial score (nSPS) is 18.3. The van der Waals surface area contributed by atoms with Crippen molar-refractivity contribution in [3.63, 3.8) is 0 Å². The molecule has 20 heavy (non-hydrogen) atoms. The van der Waals surface area contributed by atoms with Crippen LogP contribution in [0.2, 0.25) is 0 Å². The molecule has 0 N–H and O–H groups in total. The topological polar surface area (TPSA) is 19.4 Å². The van der Waals surface area contributed by atoms with Gasteiger partial charge < -0.3 is 4.90 Å². The van der Waals surface area contributed by atoms with Gasteiger partial charge in [-0.2, -0.15) is 11.8 Å². The van der Waals surface area contributed by atoms with Crippen LogP contribution in [-0.4, -0.2) is 54.1 Å². The molecule has 0 bridgehead atoms. The van der Waals surface area contributed by atoms with Crippen LogP contribution in [-0.2, 0) is 0 Å². The minimum atomic E-state index is 0.776. The van der Waals surface area contributed by atoms with Crippen LogP contribution >= 0.6 is 11.8 Å². The first-order valence-corrected chi connectivity index (χ1v) is 8.82. The van der Waals surface area contributed by atoms with E-state index in [0.717, 1.165) is 29.7 Å². The van der Waals surface area contributed by atoms with Gasteiger partial charge in [0.2, 0.25) is 0 Å². The number of aromatic nitrogens is 1. The van der Waals surface area contributed by atoms with Crippen LogP contribution in [0, 0.1) is 13.8 Å². The van der Waals surface area contributed by atoms with E-state index in [-0.39, 0.29) is 0 Å². The second-order valence-corrected chi connectivity index (χ2v) is 7.05. The Bertz CT molecular complexity index is 407. The van der Waals surface area contributed by atoms with Crippen molar-refractivity contribution in [2.24, 2.45) is 0 Å². The van der Waals surface area contributed by atoms with E-state index in [1.165, 1.54) is 31.7 Å².